The predicted molar refractivity (Wildman–Crippen MR) is 50.3 cm³/mol. The maximum absolute atomic E-state index is 11.2. The van der Waals surface area contributed by atoms with Crippen molar-refractivity contribution in [3.05, 3.63) is 29.8 Å². The second-order valence-corrected chi connectivity index (χ2v) is 3.29. The summed E-state index contributed by atoms with van der Waals surface area (Å²) in [7, 11) is 0. The van der Waals surface area contributed by atoms with E-state index in [1.807, 2.05) is 24.3 Å². The highest BCUT2D eigenvalue weighted by atomic mass is 35.5. The molecule has 0 aromatic heterocycles. The van der Waals surface area contributed by atoms with Gasteiger partial charge in [0.2, 0.25) is 0 Å². The Hall–Kier alpha value is -1.02. The van der Waals surface area contributed by atoms with Crippen LogP contribution in [0.4, 0.5) is 0 Å². The van der Waals surface area contributed by atoms with Crippen molar-refractivity contribution in [2.45, 2.75) is 12.5 Å². The summed E-state index contributed by atoms with van der Waals surface area (Å²) < 4.78 is 5.43. The van der Waals surface area contributed by atoms with Crippen LogP contribution in [0.25, 0.3) is 0 Å². The molecule has 0 saturated heterocycles. The van der Waals surface area contributed by atoms with Gasteiger partial charge in [-0.05, 0) is 11.6 Å². The molecule has 0 spiro atoms. The number of rotatable bonds is 2. The molecule has 0 unspecified atom stereocenters. The normalized spacial score (nSPS) is 19.3. The van der Waals surface area contributed by atoms with Gasteiger partial charge in [0, 0.05) is 6.42 Å². The lowest BCUT2D eigenvalue weighted by atomic mass is 10.1. The second-order valence-electron chi connectivity index (χ2n) is 3.02. The lowest BCUT2D eigenvalue weighted by Crippen LogP contribution is -2.26. The first-order valence-corrected chi connectivity index (χ1v) is 4.68. The minimum absolute atomic E-state index is 0.0264. The molecule has 0 radical (unpaired) electrons. The highest BCUT2D eigenvalue weighted by Crippen LogP contribution is 2.28. The van der Waals surface area contributed by atoms with E-state index < -0.39 is 0 Å². The molecule has 1 aromatic rings. The molecule has 3 heteroatoms. The fourth-order valence-electron chi connectivity index (χ4n) is 1.45. The lowest BCUT2D eigenvalue weighted by molar-refractivity contribution is -0.122. The number of para-hydroxylation sites is 1. The maximum atomic E-state index is 11.2. The first-order valence-electron chi connectivity index (χ1n) is 4.14. The molecule has 68 valence electrons. The van der Waals surface area contributed by atoms with Gasteiger partial charge >= 0.3 is 0 Å². The summed E-state index contributed by atoms with van der Waals surface area (Å²) in [6.45, 7) is 0. The lowest BCUT2D eigenvalue weighted by Gasteiger charge is -2.05. The van der Waals surface area contributed by atoms with Crippen molar-refractivity contribution in [1.82, 2.24) is 0 Å². The van der Waals surface area contributed by atoms with E-state index in [9.17, 15) is 4.79 Å². The highest BCUT2D eigenvalue weighted by Gasteiger charge is 2.27. The van der Waals surface area contributed by atoms with E-state index in [1.165, 1.54) is 0 Å². The van der Waals surface area contributed by atoms with Gasteiger partial charge in [-0.25, -0.2) is 0 Å². The van der Waals surface area contributed by atoms with Crippen LogP contribution in [0.5, 0.6) is 5.75 Å². The Morgan fingerprint density at radius 2 is 2.31 bits per heavy atom. The summed E-state index contributed by atoms with van der Waals surface area (Å²) in [5.74, 6) is 0.794. The Labute approximate surface area is 81.5 Å². The van der Waals surface area contributed by atoms with Crippen LogP contribution in [0.1, 0.15) is 5.56 Å². The number of alkyl halides is 1. The van der Waals surface area contributed by atoms with Gasteiger partial charge < -0.3 is 4.74 Å². The summed E-state index contributed by atoms with van der Waals surface area (Å²) >= 11 is 5.45. The largest absolute Gasteiger partial charge is 0.482 e. The minimum Gasteiger partial charge on any atom is -0.482 e. The van der Waals surface area contributed by atoms with Crippen LogP contribution in [0.3, 0.4) is 0 Å². The molecule has 1 aliphatic rings. The number of hydrogen-bond acceptors (Lipinski definition) is 2. The highest BCUT2D eigenvalue weighted by molar-refractivity contribution is 6.28. The molecule has 1 atom stereocenters. The number of benzene rings is 1. The van der Waals surface area contributed by atoms with E-state index >= 15 is 0 Å². The Kier molecular flexibility index (Phi) is 2.23. The Morgan fingerprint density at radius 3 is 3.00 bits per heavy atom. The van der Waals surface area contributed by atoms with Crippen LogP contribution in [-0.4, -0.2) is 17.8 Å². The van der Waals surface area contributed by atoms with Crippen LogP contribution in [0, 0.1) is 0 Å². The summed E-state index contributed by atoms with van der Waals surface area (Å²) in [5.41, 5.74) is 1.09. The number of ether oxygens (including phenoxy) is 1. The first-order chi connectivity index (χ1) is 6.31. The minimum atomic E-state index is -0.366. The van der Waals surface area contributed by atoms with Crippen molar-refractivity contribution >= 4 is 17.4 Å². The zero-order valence-electron chi connectivity index (χ0n) is 7.00. The van der Waals surface area contributed by atoms with Crippen molar-refractivity contribution < 1.29 is 9.53 Å². The van der Waals surface area contributed by atoms with E-state index in [0.717, 1.165) is 11.3 Å². The Morgan fingerprint density at radius 1 is 1.54 bits per heavy atom. The molecular formula is C10H9ClO2. The van der Waals surface area contributed by atoms with Crippen LogP contribution in [-0.2, 0) is 11.2 Å². The van der Waals surface area contributed by atoms with Gasteiger partial charge in [-0.3, -0.25) is 4.79 Å². The van der Waals surface area contributed by atoms with Crippen molar-refractivity contribution in [3.8, 4) is 5.75 Å². The molecule has 0 saturated carbocycles. The second kappa shape index (κ2) is 3.38. The molecule has 0 amide bonds. The monoisotopic (exact) mass is 196 g/mol. The fraction of sp³-hybridized carbons (Fsp3) is 0.300. The average molecular weight is 197 g/mol. The van der Waals surface area contributed by atoms with Crippen molar-refractivity contribution in [3.63, 3.8) is 0 Å². The van der Waals surface area contributed by atoms with Crippen molar-refractivity contribution in [2.75, 3.05) is 5.88 Å². The van der Waals surface area contributed by atoms with Crippen molar-refractivity contribution in [2.24, 2.45) is 0 Å². The van der Waals surface area contributed by atoms with Crippen LogP contribution < -0.4 is 4.74 Å². The molecule has 1 aliphatic heterocycles. The fourth-order valence-corrected chi connectivity index (χ4v) is 1.62. The van der Waals surface area contributed by atoms with Crippen molar-refractivity contribution in [1.29, 1.82) is 0 Å². The van der Waals surface area contributed by atoms with E-state index in [2.05, 4.69) is 0 Å². The Bertz CT molecular complexity index is 310. The molecule has 0 aliphatic carbocycles. The third-order valence-corrected chi connectivity index (χ3v) is 2.40. The molecule has 2 rings (SSSR count). The van der Waals surface area contributed by atoms with Gasteiger partial charge in [-0.1, -0.05) is 18.2 Å². The molecular weight excluding hydrogens is 188 g/mol. The molecule has 0 fully saturated rings. The van der Waals surface area contributed by atoms with Crippen LogP contribution in [0.15, 0.2) is 24.3 Å². The number of ketones is 1. The summed E-state index contributed by atoms with van der Waals surface area (Å²) in [6.07, 6.45) is 0.289. The predicted octanol–water partition coefficient (Wildman–Crippen LogP) is 1.80. The summed E-state index contributed by atoms with van der Waals surface area (Å²) in [6, 6.07) is 7.68. The number of hydrogen-bond donors (Lipinski definition) is 0. The number of carbonyl (C=O) groups is 1. The molecule has 1 heterocycles. The number of fused-ring (bicyclic) bond motifs is 1. The maximum Gasteiger partial charge on any atom is 0.188 e. The average Bonchev–Trinajstić information content (AvgIpc) is 2.59. The standard InChI is InChI=1S/C10H9ClO2/c11-6-8(12)10-5-7-3-1-2-4-9(7)13-10/h1-4,10H,5-6H2/t10-/m0/s1. The molecule has 0 N–H and O–H groups in total. The third kappa shape index (κ3) is 1.54. The summed E-state index contributed by atoms with van der Waals surface area (Å²) in [4.78, 5) is 11.2. The van der Waals surface area contributed by atoms with Crippen LogP contribution in [0.2, 0.25) is 0 Å². The van der Waals surface area contributed by atoms with Gasteiger partial charge in [0.1, 0.15) is 5.75 Å². The van der Waals surface area contributed by atoms with Gasteiger partial charge in [-0.15, -0.1) is 11.6 Å². The van der Waals surface area contributed by atoms with Gasteiger partial charge in [0.25, 0.3) is 0 Å². The topological polar surface area (TPSA) is 26.3 Å². The van der Waals surface area contributed by atoms with Gasteiger partial charge in [-0.2, -0.15) is 0 Å². The van der Waals surface area contributed by atoms with E-state index in [-0.39, 0.29) is 17.8 Å². The quantitative estimate of drug-likeness (QED) is 0.675. The third-order valence-electron chi connectivity index (χ3n) is 2.14. The van der Waals surface area contributed by atoms with E-state index in [4.69, 9.17) is 16.3 Å². The van der Waals surface area contributed by atoms with Gasteiger partial charge in [0.05, 0.1) is 5.88 Å². The number of Topliss-reactive ketones (excluding diaryl/α,β-unsaturated/α-hetero) is 1. The number of carbonyl (C=O) groups excluding carboxylic acids is 1. The van der Waals surface area contributed by atoms with E-state index in [0.29, 0.717) is 6.42 Å². The number of halogens is 1. The molecule has 2 nitrogen and oxygen atoms in total. The first kappa shape index (κ1) is 8.57. The smallest absolute Gasteiger partial charge is 0.188 e. The SMILES string of the molecule is O=C(CCl)[C@@H]1Cc2ccccc2O1. The van der Waals surface area contributed by atoms with E-state index in [1.54, 1.807) is 0 Å². The molecule has 0 bridgehead atoms. The molecule has 13 heavy (non-hydrogen) atoms. The zero-order valence-corrected chi connectivity index (χ0v) is 7.75. The van der Waals surface area contributed by atoms with Gasteiger partial charge in [0.15, 0.2) is 11.9 Å². The molecule has 1 aromatic carbocycles. The summed E-state index contributed by atoms with van der Waals surface area (Å²) in [5, 5.41) is 0. The van der Waals surface area contributed by atoms with Crippen LogP contribution >= 0.6 is 11.6 Å². The zero-order chi connectivity index (χ0) is 9.26. The Balaban J connectivity index is 2.18.